The SMILES string of the molecule is CNc1ccc([N+](=O)[O-])cc1C(=O)N(C)c1cccnc1. The van der Waals surface area contributed by atoms with Crippen LogP contribution < -0.4 is 10.2 Å². The van der Waals surface area contributed by atoms with E-state index in [4.69, 9.17) is 0 Å². The standard InChI is InChI=1S/C14H14N4O3/c1-15-13-6-5-10(18(20)21)8-12(13)14(19)17(2)11-4-3-7-16-9-11/h3-9,15H,1-2H3. The van der Waals surface area contributed by atoms with E-state index in [9.17, 15) is 14.9 Å². The van der Waals surface area contributed by atoms with Crippen molar-refractivity contribution in [3.63, 3.8) is 0 Å². The molecule has 0 aliphatic rings. The smallest absolute Gasteiger partial charge is 0.270 e. The zero-order chi connectivity index (χ0) is 15.4. The lowest BCUT2D eigenvalue weighted by molar-refractivity contribution is -0.384. The number of carbonyl (C=O) groups excluding carboxylic acids is 1. The van der Waals surface area contributed by atoms with Crippen LogP contribution in [0.3, 0.4) is 0 Å². The van der Waals surface area contributed by atoms with Crippen LogP contribution in [0.1, 0.15) is 10.4 Å². The Bertz CT molecular complexity index is 673. The van der Waals surface area contributed by atoms with Gasteiger partial charge in [0.25, 0.3) is 11.6 Å². The van der Waals surface area contributed by atoms with Crippen molar-refractivity contribution < 1.29 is 9.72 Å². The van der Waals surface area contributed by atoms with Crippen molar-refractivity contribution in [2.75, 3.05) is 24.3 Å². The lowest BCUT2D eigenvalue weighted by atomic mass is 10.1. The van der Waals surface area contributed by atoms with Gasteiger partial charge in [0, 0.05) is 38.1 Å². The fourth-order valence-electron chi connectivity index (χ4n) is 1.89. The molecule has 0 saturated heterocycles. The Labute approximate surface area is 121 Å². The number of nitro groups is 1. The number of hydrogen-bond acceptors (Lipinski definition) is 5. The van der Waals surface area contributed by atoms with Crippen molar-refractivity contribution in [1.29, 1.82) is 0 Å². The third kappa shape index (κ3) is 2.97. The zero-order valence-corrected chi connectivity index (χ0v) is 11.6. The van der Waals surface area contributed by atoms with Crippen LogP contribution in [0.4, 0.5) is 17.1 Å². The number of anilines is 2. The monoisotopic (exact) mass is 286 g/mol. The minimum absolute atomic E-state index is 0.128. The van der Waals surface area contributed by atoms with Gasteiger partial charge in [-0.15, -0.1) is 0 Å². The first kappa shape index (κ1) is 14.4. The van der Waals surface area contributed by atoms with Crippen molar-refractivity contribution in [2.24, 2.45) is 0 Å². The number of nitro benzene ring substituents is 1. The molecule has 0 fully saturated rings. The first-order chi connectivity index (χ1) is 10.0. The molecular weight excluding hydrogens is 272 g/mol. The molecule has 1 aromatic heterocycles. The van der Waals surface area contributed by atoms with Crippen molar-refractivity contribution in [2.45, 2.75) is 0 Å². The van der Waals surface area contributed by atoms with Gasteiger partial charge in [-0.25, -0.2) is 0 Å². The summed E-state index contributed by atoms with van der Waals surface area (Å²) in [5.41, 5.74) is 1.24. The van der Waals surface area contributed by atoms with Crippen LogP contribution in [0.5, 0.6) is 0 Å². The average Bonchev–Trinajstić information content (AvgIpc) is 2.53. The summed E-state index contributed by atoms with van der Waals surface area (Å²) in [6.07, 6.45) is 3.16. The molecule has 21 heavy (non-hydrogen) atoms. The van der Waals surface area contributed by atoms with Gasteiger partial charge >= 0.3 is 0 Å². The molecule has 0 aliphatic heterocycles. The summed E-state index contributed by atoms with van der Waals surface area (Å²) in [7, 11) is 3.25. The number of nitrogens with one attached hydrogen (secondary N) is 1. The van der Waals surface area contributed by atoms with Crippen LogP contribution in [-0.4, -0.2) is 29.9 Å². The maximum absolute atomic E-state index is 12.5. The predicted molar refractivity (Wildman–Crippen MR) is 79.6 cm³/mol. The minimum Gasteiger partial charge on any atom is -0.387 e. The van der Waals surface area contributed by atoms with E-state index in [2.05, 4.69) is 10.3 Å². The third-order valence-corrected chi connectivity index (χ3v) is 3.05. The first-order valence-corrected chi connectivity index (χ1v) is 6.19. The second-order valence-corrected chi connectivity index (χ2v) is 4.31. The topological polar surface area (TPSA) is 88.4 Å². The third-order valence-electron chi connectivity index (χ3n) is 3.05. The van der Waals surface area contributed by atoms with E-state index < -0.39 is 4.92 Å². The predicted octanol–water partition coefficient (Wildman–Crippen LogP) is 2.31. The van der Waals surface area contributed by atoms with Gasteiger partial charge in [-0.05, 0) is 18.2 Å². The molecular formula is C14H14N4O3. The Morgan fingerprint density at radius 1 is 1.38 bits per heavy atom. The summed E-state index contributed by atoms with van der Waals surface area (Å²) in [6.45, 7) is 0. The van der Waals surface area contributed by atoms with E-state index >= 15 is 0 Å². The Kier molecular flexibility index (Phi) is 4.13. The number of non-ortho nitro benzene ring substituents is 1. The van der Waals surface area contributed by atoms with Crippen LogP contribution in [0.15, 0.2) is 42.7 Å². The number of benzene rings is 1. The Morgan fingerprint density at radius 2 is 2.14 bits per heavy atom. The molecule has 7 heteroatoms. The first-order valence-electron chi connectivity index (χ1n) is 6.19. The van der Waals surface area contributed by atoms with Crippen molar-refractivity contribution in [3.8, 4) is 0 Å². The Hall–Kier alpha value is -2.96. The Morgan fingerprint density at radius 3 is 2.71 bits per heavy atom. The molecule has 0 atom stereocenters. The number of rotatable bonds is 4. The zero-order valence-electron chi connectivity index (χ0n) is 11.6. The quantitative estimate of drug-likeness (QED) is 0.688. The molecule has 0 spiro atoms. The number of hydrogen-bond donors (Lipinski definition) is 1. The lowest BCUT2D eigenvalue weighted by Gasteiger charge is -2.18. The number of nitrogens with zero attached hydrogens (tertiary/aromatic N) is 3. The van der Waals surface area contributed by atoms with Gasteiger partial charge in [-0.1, -0.05) is 0 Å². The molecule has 1 amide bonds. The van der Waals surface area contributed by atoms with Crippen molar-refractivity contribution in [1.82, 2.24) is 4.98 Å². The highest BCUT2D eigenvalue weighted by Crippen LogP contribution is 2.24. The van der Waals surface area contributed by atoms with Gasteiger partial charge in [0.2, 0.25) is 0 Å². The highest BCUT2D eigenvalue weighted by atomic mass is 16.6. The van der Waals surface area contributed by atoms with Gasteiger partial charge in [-0.3, -0.25) is 19.9 Å². The second kappa shape index (κ2) is 6.00. The van der Waals surface area contributed by atoms with Gasteiger partial charge < -0.3 is 10.2 Å². The van der Waals surface area contributed by atoms with E-state index in [0.29, 0.717) is 11.4 Å². The molecule has 7 nitrogen and oxygen atoms in total. The summed E-state index contributed by atoms with van der Waals surface area (Å²) in [6, 6.07) is 7.59. The molecule has 2 aromatic rings. The number of pyridine rings is 1. The number of carbonyl (C=O) groups is 1. The van der Waals surface area contributed by atoms with Gasteiger partial charge in [-0.2, -0.15) is 0 Å². The van der Waals surface area contributed by atoms with Crippen LogP contribution in [0.2, 0.25) is 0 Å². The average molecular weight is 286 g/mol. The van der Waals surface area contributed by atoms with Crippen LogP contribution >= 0.6 is 0 Å². The number of amides is 1. The molecule has 1 heterocycles. The van der Waals surface area contributed by atoms with Gasteiger partial charge in [0.15, 0.2) is 0 Å². The van der Waals surface area contributed by atoms with Gasteiger partial charge in [0.05, 0.1) is 22.4 Å². The fourth-order valence-corrected chi connectivity index (χ4v) is 1.89. The van der Waals surface area contributed by atoms with E-state index in [0.717, 1.165) is 0 Å². The second-order valence-electron chi connectivity index (χ2n) is 4.31. The molecule has 0 aliphatic carbocycles. The highest BCUT2D eigenvalue weighted by Gasteiger charge is 2.20. The van der Waals surface area contributed by atoms with Crippen LogP contribution in [-0.2, 0) is 0 Å². The largest absolute Gasteiger partial charge is 0.387 e. The lowest BCUT2D eigenvalue weighted by Crippen LogP contribution is -2.27. The molecule has 0 bridgehead atoms. The summed E-state index contributed by atoms with van der Waals surface area (Å²) < 4.78 is 0. The van der Waals surface area contributed by atoms with E-state index in [-0.39, 0.29) is 17.2 Å². The Balaban J connectivity index is 2.42. The minimum atomic E-state index is -0.527. The van der Waals surface area contributed by atoms with Crippen molar-refractivity contribution in [3.05, 3.63) is 58.4 Å². The van der Waals surface area contributed by atoms with E-state index in [1.807, 2.05) is 0 Å². The molecule has 0 radical (unpaired) electrons. The van der Waals surface area contributed by atoms with E-state index in [1.54, 1.807) is 38.6 Å². The van der Waals surface area contributed by atoms with Gasteiger partial charge in [0.1, 0.15) is 0 Å². The highest BCUT2D eigenvalue weighted by molar-refractivity contribution is 6.09. The maximum Gasteiger partial charge on any atom is 0.270 e. The molecule has 0 saturated carbocycles. The molecule has 0 unspecified atom stereocenters. The van der Waals surface area contributed by atoms with Crippen molar-refractivity contribution >= 4 is 23.0 Å². The number of aromatic nitrogens is 1. The summed E-state index contributed by atoms with van der Waals surface area (Å²) in [5, 5.41) is 13.7. The maximum atomic E-state index is 12.5. The molecule has 1 N–H and O–H groups in total. The normalized spacial score (nSPS) is 10.0. The fraction of sp³-hybridized carbons (Fsp3) is 0.143. The summed E-state index contributed by atoms with van der Waals surface area (Å²) in [5.74, 6) is -0.351. The van der Waals surface area contributed by atoms with Crippen LogP contribution in [0, 0.1) is 10.1 Å². The summed E-state index contributed by atoms with van der Waals surface area (Å²) >= 11 is 0. The summed E-state index contributed by atoms with van der Waals surface area (Å²) in [4.78, 5) is 28.2. The molecule has 2 rings (SSSR count). The van der Waals surface area contributed by atoms with Crippen LogP contribution in [0.25, 0.3) is 0 Å². The molecule has 1 aromatic carbocycles. The van der Waals surface area contributed by atoms with E-state index in [1.165, 1.54) is 23.1 Å². The molecule has 108 valence electrons.